The van der Waals surface area contributed by atoms with E-state index >= 15 is 0 Å². The van der Waals surface area contributed by atoms with Crippen molar-refractivity contribution in [3.8, 4) is 0 Å². The molecule has 0 saturated heterocycles. The first-order valence-electron chi connectivity index (χ1n) is 5.33. The highest BCUT2D eigenvalue weighted by molar-refractivity contribution is 14.1. The summed E-state index contributed by atoms with van der Waals surface area (Å²) in [7, 11) is 0. The van der Waals surface area contributed by atoms with Gasteiger partial charge in [-0.2, -0.15) is 0 Å². The number of aliphatic hydroxyl groups is 1. The van der Waals surface area contributed by atoms with Gasteiger partial charge in [-0.05, 0) is 58.0 Å². The van der Waals surface area contributed by atoms with Crippen LogP contribution in [0.4, 0.5) is 0 Å². The van der Waals surface area contributed by atoms with Crippen LogP contribution in [0.25, 0.3) is 0 Å². The molecule has 1 atom stereocenters. The van der Waals surface area contributed by atoms with Gasteiger partial charge in [-0.25, -0.2) is 0 Å². The summed E-state index contributed by atoms with van der Waals surface area (Å²) in [5, 5.41) is 10.8. The van der Waals surface area contributed by atoms with Gasteiger partial charge >= 0.3 is 0 Å². The fourth-order valence-electron chi connectivity index (χ4n) is 1.69. The molecule has 0 aliphatic rings. The summed E-state index contributed by atoms with van der Waals surface area (Å²) in [4.78, 5) is 0. The number of aliphatic hydroxyl groups excluding tert-OH is 1. The molecule has 2 aromatic rings. The van der Waals surface area contributed by atoms with Crippen LogP contribution in [0, 0.1) is 3.57 Å². The molecule has 0 saturated carbocycles. The number of rotatable bonds is 3. The largest absolute Gasteiger partial charge is 0.388 e. The summed E-state index contributed by atoms with van der Waals surface area (Å²) in [6, 6.07) is 15.5. The summed E-state index contributed by atoms with van der Waals surface area (Å²) in [5.41, 5.74) is 1.98. The van der Waals surface area contributed by atoms with Crippen molar-refractivity contribution in [3.63, 3.8) is 0 Å². The van der Waals surface area contributed by atoms with E-state index in [0.717, 1.165) is 11.1 Å². The molecule has 2 rings (SSSR count). The second kappa shape index (κ2) is 5.85. The second-order valence-electron chi connectivity index (χ2n) is 3.90. The molecule has 3 heteroatoms. The minimum absolute atomic E-state index is 0.481. The van der Waals surface area contributed by atoms with Crippen LogP contribution in [0.15, 0.2) is 48.5 Å². The molecule has 0 aromatic heterocycles. The first kappa shape index (κ1) is 12.9. The Bertz CT molecular complexity index is 496. The number of benzene rings is 2. The van der Waals surface area contributed by atoms with Gasteiger partial charge in [0.25, 0.3) is 0 Å². The van der Waals surface area contributed by atoms with Crippen molar-refractivity contribution in [2.45, 2.75) is 12.5 Å². The van der Waals surface area contributed by atoms with E-state index in [1.807, 2.05) is 48.5 Å². The lowest BCUT2D eigenvalue weighted by atomic mass is 10.0. The third-order valence-electron chi connectivity index (χ3n) is 2.57. The quantitative estimate of drug-likeness (QED) is 0.815. The predicted molar refractivity (Wildman–Crippen MR) is 79.3 cm³/mol. The van der Waals surface area contributed by atoms with Crippen molar-refractivity contribution < 1.29 is 5.11 Å². The van der Waals surface area contributed by atoms with E-state index in [0.29, 0.717) is 11.4 Å². The van der Waals surface area contributed by atoms with Crippen molar-refractivity contribution >= 4 is 34.2 Å². The van der Waals surface area contributed by atoms with Crippen LogP contribution in [0.2, 0.25) is 5.02 Å². The summed E-state index contributed by atoms with van der Waals surface area (Å²) in [5.74, 6) is 0. The molecule has 0 heterocycles. The zero-order valence-corrected chi connectivity index (χ0v) is 12.0. The Labute approximate surface area is 120 Å². The fraction of sp³-hybridized carbons (Fsp3) is 0.143. The summed E-state index contributed by atoms with van der Waals surface area (Å²) in [6.45, 7) is 0. The molecule has 0 aliphatic carbocycles. The van der Waals surface area contributed by atoms with Gasteiger partial charge in [0, 0.05) is 15.0 Å². The maximum absolute atomic E-state index is 10.1. The molecular formula is C14H12ClIO. The first-order chi connectivity index (χ1) is 8.15. The van der Waals surface area contributed by atoms with E-state index in [1.54, 1.807) is 0 Å². The van der Waals surface area contributed by atoms with Crippen LogP contribution >= 0.6 is 34.2 Å². The molecule has 0 bridgehead atoms. The summed E-state index contributed by atoms with van der Waals surface area (Å²) >= 11 is 8.16. The van der Waals surface area contributed by atoms with Crippen LogP contribution in [0.5, 0.6) is 0 Å². The van der Waals surface area contributed by atoms with Gasteiger partial charge in [0.1, 0.15) is 0 Å². The Kier molecular flexibility index (Phi) is 4.42. The number of hydrogen-bond donors (Lipinski definition) is 1. The minimum Gasteiger partial charge on any atom is -0.388 e. The second-order valence-corrected chi connectivity index (χ2v) is 5.58. The molecule has 0 fully saturated rings. The highest BCUT2D eigenvalue weighted by atomic mass is 127. The van der Waals surface area contributed by atoms with Gasteiger partial charge in [-0.3, -0.25) is 0 Å². The SMILES string of the molecule is OC(Cc1cccc(Cl)c1)c1ccc(I)cc1. The lowest BCUT2D eigenvalue weighted by Gasteiger charge is -2.11. The van der Waals surface area contributed by atoms with Gasteiger partial charge in [0.2, 0.25) is 0 Å². The van der Waals surface area contributed by atoms with Gasteiger partial charge in [0.15, 0.2) is 0 Å². The Morgan fingerprint density at radius 1 is 1.12 bits per heavy atom. The van der Waals surface area contributed by atoms with E-state index < -0.39 is 6.10 Å². The Hall–Kier alpha value is -0.580. The third-order valence-corrected chi connectivity index (χ3v) is 3.53. The molecule has 0 aliphatic heterocycles. The Balaban J connectivity index is 2.11. The third kappa shape index (κ3) is 3.69. The van der Waals surface area contributed by atoms with Crippen molar-refractivity contribution in [3.05, 3.63) is 68.3 Å². The molecule has 1 unspecified atom stereocenters. The van der Waals surface area contributed by atoms with Crippen LogP contribution in [-0.4, -0.2) is 5.11 Å². The highest BCUT2D eigenvalue weighted by Crippen LogP contribution is 2.21. The topological polar surface area (TPSA) is 20.2 Å². The lowest BCUT2D eigenvalue weighted by Crippen LogP contribution is -2.01. The van der Waals surface area contributed by atoms with Gasteiger partial charge in [0.05, 0.1) is 6.10 Å². The monoisotopic (exact) mass is 358 g/mol. The normalized spacial score (nSPS) is 12.4. The number of hydrogen-bond acceptors (Lipinski definition) is 1. The van der Waals surface area contributed by atoms with Crippen molar-refractivity contribution in [2.24, 2.45) is 0 Å². The van der Waals surface area contributed by atoms with Crippen LogP contribution < -0.4 is 0 Å². The number of halogens is 2. The molecular weight excluding hydrogens is 347 g/mol. The smallest absolute Gasteiger partial charge is 0.0830 e. The van der Waals surface area contributed by atoms with E-state index in [2.05, 4.69) is 22.6 Å². The van der Waals surface area contributed by atoms with Crippen molar-refractivity contribution in [2.75, 3.05) is 0 Å². The summed E-state index contributed by atoms with van der Waals surface area (Å²) < 4.78 is 1.17. The molecule has 17 heavy (non-hydrogen) atoms. The average molecular weight is 359 g/mol. The van der Waals surface area contributed by atoms with Gasteiger partial charge < -0.3 is 5.11 Å². The van der Waals surface area contributed by atoms with Crippen LogP contribution in [0.1, 0.15) is 17.2 Å². The maximum atomic E-state index is 10.1. The van der Waals surface area contributed by atoms with E-state index in [4.69, 9.17) is 11.6 Å². The Morgan fingerprint density at radius 2 is 1.82 bits per heavy atom. The van der Waals surface area contributed by atoms with Gasteiger partial charge in [-0.15, -0.1) is 0 Å². The molecule has 88 valence electrons. The van der Waals surface area contributed by atoms with E-state index in [1.165, 1.54) is 3.57 Å². The predicted octanol–water partition coefficient (Wildman–Crippen LogP) is 4.22. The van der Waals surface area contributed by atoms with Crippen LogP contribution in [0.3, 0.4) is 0 Å². The van der Waals surface area contributed by atoms with E-state index in [-0.39, 0.29) is 0 Å². The summed E-state index contributed by atoms with van der Waals surface area (Å²) in [6.07, 6.45) is 0.103. The minimum atomic E-state index is -0.481. The lowest BCUT2D eigenvalue weighted by molar-refractivity contribution is 0.178. The fourth-order valence-corrected chi connectivity index (χ4v) is 2.26. The zero-order chi connectivity index (χ0) is 12.3. The zero-order valence-electron chi connectivity index (χ0n) is 9.11. The Morgan fingerprint density at radius 3 is 2.47 bits per heavy atom. The first-order valence-corrected chi connectivity index (χ1v) is 6.79. The molecule has 0 radical (unpaired) electrons. The maximum Gasteiger partial charge on any atom is 0.0830 e. The van der Waals surface area contributed by atoms with Crippen LogP contribution in [-0.2, 0) is 6.42 Å². The standard InChI is InChI=1S/C14H12ClIO/c15-12-3-1-2-10(8-12)9-14(17)11-4-6-13(16)7-5-11/h1-8,14,17H,9H2. The molecule has 1 N–H and O–H groups in total. The van der Waals surface area contributed by atoms with Crippen molar-refractivity contribution in [1.29, 1.82) is 0 Å². The van der Waals surface area contributed by atoms with Crippen molar-refractivity contribution in [1.82, 2.24) is 0 Å². The molecule has 0 spiro atoms. The molecule has 0 amide bonds. The molecule has 1 nitrogen and oxygen atoms in total. The highest BCUT2D eigenvalue weighted by Gasteiger charge is 2.08. The average Bonchev–Trinajstić information content (AvgIpc) is 2.29. The van der Waals surface area contributed by atoms with E-state index in [9.17, 15) is 5.11 Å². The molecule has 2 aromatic carbocycles. The van der Waals surface area contributed by atoms with Gasteiger partial charge in [-0.1, -0.05) is 35.9 Å².